The van der Waals surface area contributed by atoms with Gasteiger partial charge in [-0.25, -0.2) is 4.39 Å². The topological polar surface area (TPSA) is 46.9 Å². The van der Waals surface area contributed by atoms with Crippen LogP contribution in [0.4, 0.5) is 19.0 Å². The standard InChI is InChI=1S/C17H11ClF3N3O/c18-9-4-2-8(3-5-9)14(25)11-10-12(19)15(20)23-16(21)13(10)24-7-1-6-22-17(11)24/h2-5,22H,1,6-7H2. The van der Waals surface area contributed by atoms with Crippen LogP contribution in [0.25, 0.3) is 10.9 Å². The van der Waals surface area contributed by atoms with E-state index in [1.807, 2.05) is 0 Å². The van der Waals surface area contributed by atoms with Crippen LogP contribution in [0.1, 0.15) is 22.3 Å². The van der Waals surface area contributed by atoms with Gasteiger partial charge in [-0.2, -0.15) is 13.8 Å². The lowest BCUT2D eigenvalue weighted by atomic mass is 10.0. The van der Waals surface area contributed by atoms with Crippen LogP contribution in [0.15, 0.2) is 24.3 Å². The maximum atomic E-state index is 14.4. The predicted octanol–water partition coefficient (Wildman–Crippen LogP) is 4.15. The minimum atomic E-state index is -1.57. The number of hydrogen-bond acceptors (Lipinski definition) is 3. The van der Waals surface area contributed by atoms with Gasteiger partial charge in [-0.1, -0.05) is 11.6 Å². The molecule has 0 amide bonds. The summed E-state index contributed by atoms with van der Waals surface area (Å²) in [6.45, 7) is 0.909. The average Bonchev–Trinajstić information content (AvgIpc) is 2.95. The number of aryl methyl sites for hydroxylation is 1. The molecule has 0 aliphatic carbocycles. The molecule has 0 atom stereocenters. The highest BCUT2D eigenvalue weighted by Gasteiger charge is 2.31. The Morgan fingerprint density at radius 2 is 1.88 bits per heavy atom. The summed E-state index contributed by atoms with van der Waals surface area (Å²) >= 11 is 5.82. The fourth-order valence-corrected chi connectivity index (χ4v) is 3.28. The number of anilines is 1. The van der Waals surface area contributed by atoms with Crippen LogP contribution in [-0.2, 0) is 6.54 Å². The number of pyridine rings is 1. The molecule has 0 fully saturated rings. The van der Waals surface area contributed by atoms with Crippen LogP contribution in [0.5, 0.6) is 0 Å². The Morgan fingerprint density at radius 3 is 2.60 bits per heavy atom. The third kappa shape index (κ3) is 2.38. The summed E-state index contributed by atoms with van der Waals surface area (Å²) < 4.78 is 43.8. The summed E-state index contributed by atoms with van der Waals surface area (Å²) in [6, 6.07) is 6.00. The second-order valence-electron chi connectivity index (χ2n) is 5.72. The third-order valence-corrected chi connectivity index (χ3v) is 4.49. The zero-order valence-electron chi connectivity index (χ0n) is 12.7. The Bertz CT molecular complexity index is 1010. The first kappa shape index (κ1) is 16.0. The summed E-state index contributed by atoms with van der Waals surface area (Å²) in [6.07, 6.45) is 0.657. The molecular weight excluding hydrogens is 355 g/mol. The van der Waals surface area contributed by atoms with Gasteiger partial charge in [0.15, 0.2) is 11.6 Å². The molecule has 1 aliphatic heterocycles. The van der Waals surface area contributed by atoms with Gasteiger partial charge in [0.05, 0.1) is 10.9 Å². The minimum absolute atomic E-state index is 0.102. The fraction of sp³-hybridized carbons (Fsp3) is 0.176. The molecule has 3 aromatic rings. The van der Waals surface area contributed by atoms with Crippen LogP contribution in [0.3, 0.4) is 0 Å². The Hall–Kier alpha value is -2.54. The van der Waals surface area contributed by atoms with Crippen molar-refractivity contribution in [3.05, 3.63) is 58.1 Å². The number of nitrogens with zero attached hydrogens (tertiary/aromatic N) is 2. The lowest BCUT2D eigenvalue weighted by Gasteiger charge is -2.19. The van der Waals surface area contributed by atoms with Gasteiger partial charge in [0.25, 0.3) is 5.95 Å². The Balaban J connectivity index is 2.06. The summed E-state index contributed by atoms with van der Waals surface area (Å²) in [7, 11) is 0. The second-order valence-corrected chi connectivity index (χ2v) is 6.16. The molecule has 4 rings (SSSR count). The smallest absolute Gasteiger partial charge is 0.252 e. The molecule has 0 unspecified atom stereocenters. The number of carbonyl (C=O) groups is 1. The normalized spacial score (nSPS) is 13.6. The van der Waals surface area contributed by atoms with Crippen molar-refractivity contribution in [2.75, 3.05) is 11.9 Å². The quantitative estimate of drug-likeness (QED) is 0.548. The first-order chi connectivity index (χ1) is 12.0. The summed E-state index contributed by atoms with van der Waals surface area (Å²) in [5, 5.41) is 3.03. The molecule has 128 valence electrons. The van der Waals surface area contributed by atoms with Gasteiger partial charge in [0.2, 0.25) is 5.95 Å². The summed E-state index contributed by atoms with van der Waals surface area (Å²) in [4.78, 5) is 15.9. The maximum Gasteiger partial charge on any atom is 0.252 e. The maximum absolute atomic E-state index is 14.4. The second kappa shape index (κ2) is 5.77. The van der Waals surface area contributed by atoms with E-state index in [-0.39, 0.29) is 22.5 Å². The number of halogens is 4. The van der Waals surface area contributed by atoms with E-state index in [0.717, 1.165) is 0 Å². The monoisotopic (exact) mass is 365 g/mol. The number of fused-ring (bicyclic) bond motifs is 3. The molecule has 3 heterocycles. The number of rotatable bonds is 2. The molecule has 0 bridgehead atoms. The highest BCUT2D eigenvalue weighted by atomic mass is 35.5. The van der Waals surface area contributed by atoms with Gasteiger partial charge in [0, 0.05) is 23.7 Å². The lowest BCUT2D eigenvalue weighted by Crippen LogP contribution is -2.19. The number of benzene rings is 1. The van der Waals surface area contributed by atoms with E-state index in [0.29, 0.717) is 24.5 Å². The molecule has 1 aromatic carbocycles. The number of hydrogen-bond donors (Lipinski definition) is 1. The number of aromatic nitrogens is 2. The molecule has 0 radical (unpaired) electrons. The van der Waals surface area contributed by atoms with Crippen LogP contribution < -0.4 is 5.32 Å². The minimum Gasteiger partial charge on any atom is -0.371 e. The Labute approximate surface area is 145 Å². The lowest BCUT2D eigenvalue weighted by molar-refractivity contribution is 0.104. The van der Waals surface area contributed by atoms with Gasteiger partial charge in [-0.3, -0.25) is 4.79 Å². The fourth-order valence-electron chi connectivity index (χ4n) is 3.16. The largest absolute Gasteiger partial charge is 0.371 e. The molecule has 1 N–H and O–H groups in total. The van der Waals surface area contributed by atoms with Crippen molar-refractivity contribution in [2.24, 2.45) is 0 Å². The van der Waals surface area contributed by atoms with E-state index in [2.05, 4.69) is 10.3 Å². The summed E-state index contributed by atoms with van der Waals surface area (Å²) in [5.74, 6) is -4.33. The van der Waals surface area contributed by atoms with Crippen LogP contribution in [0, 0.1) is 17.7 Å². The van der Waals surface area contributed by atoms with E-state index in [4.69, 9.17) is 11.6 Å². The van der Waals surface area contributed by atoms with Crippen LogP contribution in [-0.4, -0.2) is 21.9 Å². The number of nitrogens with one attached hydrogen (secondary N) is 1. The van der Waals surface area contributed by atoms with Gasteiger partial charge >= 0.3 is 0 Å². The zero-order valence-corrected chi connectivity index (χ0v) is 13.5. The van der Waals surface area contributed by atoms with Crippen molar-refractivity contribution >= 4 is 34.1 Å². The average molecular weight is 366 g/mol. The first-order valence-corrected chi connectivity index (χ1v) is 7.97. The SMILES string of the molecule is O=C(c1ccc(Cl)cc1)c1c2n(c3c(F)nc(F)c(F)c13)CCCN2. The van der Waals surface area contributed by atoms with Crippen molar-refractivity contribution in [1.82, 2.24) is 9.55 Å². The van der Waals surface area contributed by atoms with Gasteiger partial charge in [-0.05, 0) is 30.7 Å². The van der Waals surface area contributed by atoms with E-state index in [9.17, 15) is 18.0 Å². The number of ketones is 1. The molecule has 25 heavy (non-hydrogen) atoms. The molecule has 2 aromatic heterocycles. The van der Waals surface area contributed by atoms with Gasteiger partial charge < -0.3 is 9.88 Å². The Morgan fingerprint density at radius 1 is 1.16 bits per heavy atom. The summed E-state index contributed by atoms with van der Waals surface area (Å²) in [5.41, 5.74) is -0.0720. The van der Waals surface area contributed by atoms with E-state index >= 15 is 0 Å². The molecule has 0 saturated heterocycles. The van der Waals surface area contributed by atoms with Crippen LogP contribution >= 0.6 is 11.6 Å². The van der Waals surface area contributed by atoms with Crippen molar-refractivity contribution in [2.45, 2.75) is 13.0 Å². The Kier molecular flexibility index (Phi) is 3.68. The number of carbonyl (C=O) groups excluding carboxylic acids is 1. The van der Waals surface area contributed by atoms with E-state index in [1.54, 1.807) is 0 Å². The van der Waals surface area contributed by atoms with Gasteiger partial charge in [0.1, 0.15) is 11.3 Å². The highest BCUT2D eigenvalue weighted by Crippen LogP contribution is 2.37. The predicted molar refractivity (Wildman–Crippen MR) is 87.6 cm³/mol. The van der Waals surface area contributed by atoms with E-state index < -0.39 is 28.9 Å². The highest BCUT2D eigenvalue weighted by molar-refractivity contribution is 6.30. The van der Waals surface area contributed by atoms with Gasteiger partial charge in [-0.15, -0.1) is 0 Å². The molecule has 8 heteroatoms. The molecule has 0 saturated carbocycles. The van der Waals surface area contributed by atoms with Crippen molar-refractivity contribution in [1.29, 1.82) is 0 Å². The zero-order chi connectivity index (χ0) is 17.7. The molecule has 0 spiro atoms. The first-order valence-electron chi connectivity index (χ1n) is 7.60. The van der Waals surface area contributed by atoms with Crippen molar-refractivity contribution < 1.29 is 18.0 Å². The molecule has 1 aliphatic rings. The van der Waals surface area contributed by atoms with E-state index in [1.165, 1.54) is 28.8 Å². The molecular formula is C17H11ClF3N3O. The van der Waals surface area contributed by atoms with Crippen LogP contribution in [0.2, 0.25) is 5.02 Å². The third-order valence-electron chi connectivity index (χ3n) is 4.24. The van der Waals surface area contributed by atoms with Crippen molar-refractivity contribution in [3.8, 4) is 0 Å². The molecule has 4 nitrogen and oxygen atoms in total. The van der Waals surface area contributed by atoms with Crippen molar-refractivity contribution in [3.63, 3.8) is 0 Å².